The molecule has 0 N–H and O–H groups in total. The van der Waals surface area contributed by atoms with Crippen LogP contribution in [0.5, 0.6) is 0 Å². The third kappa shape index (κ3) is 3.70. The van der Waals surface area contributed by atoms with E-state index in [2.05, 4.69) is 0 Å². The number of amides is 1. The minimum Gasteiger partial charge on any atom is -0.335 e. The Hall–Kier alpha value is -1.66. The van der Waals surface area contributed by atoms with Gasteiger partial charge in [0, 0.05) is 17.8 Å². The van der Waals surface area contributed by atoms with Crippen molar-refractivity contribution in [2.75, 3.05) is 12.3 Å². The molecule has 1 aromatic carbocycles. The van der Waals surface area contributed by atoms with Gasteiger partial charge in [-0.05, 0) is 43.3 Å². The van der Waals surface area contributed by atoms with Crippen molar-refractivity contribution in [1.29, 1.82) is 0 Å². The van der Waals surface area contributed by atoms with Crippen LogP contribution >= 0.6 is 11.3 Å². The summed E-state index contributed by atoms with van der Waals surface area (Å²) in [5.74, 6) is -0.204. The Balaban J connectivity index is 1.65. The van der Waals surface area contributed by atoms with Gasteiger partial charge in [0.1, 0.15) is 0 Å². The van der Waals surface area contributed by atoms with Crippen molar-refractivity contribution in [3.8, 4) is 0 Å². The lowest BCUT2D eigenvalue weighted by molar-refractivity contribution is -0.131. The largest absolute Gasteiger partial charge is 0.335 e. The van der Waals surface area contributed by atoms with Gasteiger partial charge in [0.05, 0.1) is 16.7 Å². The molecule has 1 saturated heterocycles. The minimum atomic E-state index is -3.42. The summed E-state index contributed by atoms with van der Waals surface area (Å²) in [6.45, 7) is 2.63. The predicted molar refractivity (Wildman–Crippen MR) is 95.9 cm³/mol. The first-order valence-corrected chi connectivity index (χ1v) is 10.6. The fourth-order valence-electron chi connectivity index (χ4n) is 3.07. The molecule has 2 heterocycles. The molecule has 1 amide bonds. The van der Waals surface area contributed by atoms with Crippen LogP contribution < -0.4 is 0 Å². The fourth-order valence-corrected chi connectivity index (χ4v) is 5.17. The summed E-state index contributed by atoms with van der Waals surface area (Å²) in [5, 5.41) is 2.01. The molecule has 0 spiro atoms. The van der Waals surface area contributed by atoms with Crippen molar-refractivity contribution in [2.45, 2.75) is 37.1 Å². The molecular weight excluding hydrogens is 342 g/mol. The predicted octanol–water partition coefficient (Wildman–Crippen LogP) is 3.58. The van der Waals surface area contributed by atoms with Crippen LogP contribution in [0.15, 0.2) is 46.7 Å². The standard InChI is InChI=1S/C18H21NO3S2/c1-14-6-8-15(9-7-14)24(21,22)13-10-18(20)19-11-2-4-16(19)17-5-3-12-23-17/h3,5-9,12,16H,2,4,10-11,13H2,1H3/t16-/m0/s1. The molecule has 1 aliphatic rings. The van der Waals surface area contributed by atoms with E-state index in [-0.39, 0.29) is 29.0 Å². The maximum absolute atomic E-state index is 12.5. The second-order valence-corrected chi connectivity index (χ2v) is 9.23. The molecule has 0 unspecified atom stereocenters. The Bertz CT molecular complexity index is 795. The molecule has 1 fully saturated rings. The first-order valence-electron chi connectivity index (χ1n) is 8.10. The molecule has 0 bridgehead atoms. The number of nitrogens with zero attached hydrogens (tertiary/aromatic N) is 1. The number of likely N-dealkylation sites (tertiary alicyclic amines) is 1. The number of hydrogen-bond acceptors (Lipinski definition) is 4. The smallest absolute Gasteiger partial charge is 0.224 e. The average molecular weight is 364 g/mol. The van der Waals surface area contributed by atoms with E-state index in [9.17, 15) is 13.2 Å². The Morgan fingerprint density at radius 1 is 1.25 bits per heavy atom. The van der Waals surface area contributed by atoms with Gasteiger partial charge in [-0.25, -0.2) is 8.42 Å². The van der Waals surface area contributed by atoms with Gasteiger partial charge in [0.2, 0.25) is 5.91 Å². The van der Waals surface area contributed by atoms with Crippen molar-refractivity contribution < 1.29 is 13.2 Å². The number of carbonyl (C=O) groups excluding carboxylic acids is 1. The Kier molecular flexibility index (Phi) is 5.06. The molecule has 24 heavy (non-hydrogen) atoms. The van der Waals surface area contributed by atoms with Crippen LogP contribution in [0, 0.1) is 6.92 Å². The lowest BCUT2D eigenvalue weighted by Crippen LogP contribution is -2.31. The van der Waals surface area contributed by atoms with Crippen molar-refractivity contribution in [2.24, 2.45) is 0 Å². The van der Waals surface area contributed by atoms with E-state index in [1.807, 2.05) is 29.3 Å². The first kappa shape index (κ1) is 17.2. The summed E-state index contributed by atoms with van der Waals surface area (Å²) in [5.41, 5.74) is 1.01. The minimum absolute atomic E-state index is 0.0398. The maximum atomic E-state index is 12.5. The highest BCUT2D eigenvalue weighted by molar-refractivity contribution is 7.91. The van der Waals surface area contributed by atoms with Crippen LogP contribution in [0.3, 0.4) is 0 Å². The summed E-state index contributed by atoms with van der Waals surface area (Å²) in [4.78, 5) is 15.9. The summed E-state index contributed by atoms with van der Waals surface area (Å²) >= 11 is 1.65. The van der Waals surface area contributed by atoms with Gasteiger partial charge in [-0.15, -0.1) is 11.3 Å². The topological polar surface area (TPSA) is 54.5 Å². The van der Waals surface area contributed by atoms with Crippen LogP contribution in [-0.4, -0.2) is 31.5 Å². The summed E-state index contributed by atoms with van der Waals surface area (Å²) < 4.78 is 24.8. The molecule has 0 saturated carbocycles. The molecule has 6 heteroatoms. The molecule has 3 rings (SSSR count). The van der Waals surface area contributed by atoms with Gasteiger partial charge in [-0.3, -0.25) is 4.79 Å². The van der Waals surface area contributed by atoms with E-state index in [4.69, 9.17) is 0 Å². The number of sulfone groups is 1. The molecule has 0 radical (unpaired) electrons. The zero-order valence-electron chi connectivity index (χ0n) is 13.6. The number of benzene rings is 1. The molecule has 4 nitrogen and oxygen atoms in total. The van der Waals surface area contributed by atoms with Crippen LogP contribution in [0.4, 0.5) is 0 Å². The molecular formula is C18H21NO3S2. The third-order valence-corrected chi connectivity index (χ3v) is 7.12. The van der Waals surface area contributed by atoms with Crippen LogP contribution in [0.25, 0.3) is 0 Å². The van der Waals surface area contributed by atoms with E-state index >= 15 is 0 Å². The normalized spacial score (nSPS) is 18.0. The highest BCUT2D eigenvalue weighted by Gasteiger charge is 2.31. The molecule has 1 atom stereocenters. The second-order valence-electron chi connectivity index (χ2n) is 6.14. The van der Waals surface area contributed by atoms with E-state index in [1.165, 1.54) is 4.88 Å². The van der Waals surface area contributed by atoms with Crippen molar-refractivity contribution in [1.82, 2.24) is 4.90 Å². The number of aryl methyl sites for hydroxylation is 1. The monoisotopic (exact) mass is 363 g/mol. The fraction of sp³-hybridized carbons (Fsp3) is 0.389. The molecule has 2 aromatic rings. The molecule has 1 aromatic heterocycles. The van der Waals surface area contributed by atoms with E-state index in [0.717, 1.165) is 18.4 Å². The van der Waals surface area contributed by atoms with Gasteiger partial charge in [0.15, 0.2) is 9.84 Å². The van der Waals surface area contributed by atoms with Gasteiger partial charge in [0.25, 0.3) is 0 Å². The average Bonchev–Trinajstić information content (AvgIpc) is 3.23. The van der Waals surface area contributed by atoms with Gasteiger partial charge in [-0.2, -0.15) is 0 Å². The maximum Gasteiger partial charge on any atom is 0.224 e. The molecule has 128 valence electrons. The second kappa shape index (κ2) is 7.07. The Morgan fingerprint density at radius 2 is 2.00 bits per heavy atom. The summed E-state index contributed by atoms with van der Waals surface area (Å²) in [7, 11) is -3.42. The Labute approximate surface area is 147 Å². The summed E-state index contributed by atoms with van der Waals surface area (Å²) in [6, 6.07) is 10.9. The molecule has 0 aliphatic carbocycles. The third-order valence-electron chi connectivity index (χ3n) is 4.41. The van der Waals surface area contributed by atoms with Crippen LogP contribution in [0.1, 0.15) is 35.7 Å². The number of hydrogen-bond donors (Lipinski definition) is 0. The quantitative estimate of drug-likeness (QED) is 0.816. The lowest BCUT2D eigenvalue weighted by Gasteiger charge is -2.24. The van der Waals surface area contributed by atoms with Gasteiger partial charge in [-0.1, -0.05) is 23.8 Å². The number of carbonyl (C=O) groups is 1. The first-order chi connectivity index (χ1) is 11.5. The Morgan fingerprint density at radius 3 is 2.67 bits per heavy atom. The van der Waals surface area contributed by atoms with Crippen LogP contribution in [0.2, 0.25) is 0 Å². The van der Waals surface area contributed by atoms with Gasteiger partial charge >= 0.3 is 0 Å². The summed E-state index contributed by atoms with van der Waals surface area (Å²) in [6.07, 6.45) is 1.97. The lowest BCUT2D eigenvalue weighted by atomic mass is 10.2. The SMILES string of the molecule is Cc1ccc(S(=O)(=O)CCC(=O)N2CCC[C@H]2c2cccs2)cc1. The highest BCUT2D eigenvalue weighted by atomic mass is 32.2. The van der Waals surface area contributed by atoms with Crippen molar-refractivity contribution in [3.05, 3.63) is 52.2 Å². The zero-order chi connectivity index (χ0) is 17.2. The van der Waals surface area contributed by atoms with Crippen molar-refractivity contribution in [3.63, 3.8) is 0 Å². The van der Waals surface area contributed by atoms with Crippen LogP contribution in [-0.2, 0) is 14.6 Å². The highest BCUT2D eigenvalue weighted by Crippen LogP contribution is 2.34. The van der Waals surface area contributed by atoms with Gasteiger partial charge < -0.3 is 4.90 Å². The van der Waals surface area contributed by atoms with E-state index < -0.39 is 9.84 Å². The number of rotatable bonds is 5. The zero-order valence-corrected chi connectivity index (χ0v) is 15.3. The van der Waals surface area contributed by atoms with Crippen molar-refractivity contribution >= 4 is 27.1 Å². The van der Waals surface area contributed by atoms with E-state index in [0.29, 0.717) is 6.54 Å². The van der Waals surface area contributed by atoms with E-state index in [1.54, 1.807) is 35.6 Å². The number of thiophene rings is 1. The molecule has 1 aliphatic heterocycles.